The molecular formula is C17H19NO2. The van der Waals surface area contributed by atoms with Gasteiger partial charge in [-0.05, 0) is 37.1 Å². The van der Waals surface area contributed by atoms with Gasteiger partial charge in [0.1, 0.15) is 5.75 Å². The number of carbonyl (C=O) groups is 1. The molecule has 0 saturated carbocycles. The van der Waals surface area contributed by atoms with Gasteiger partial charge in [0.2, 0.25) is 0 Å². The van der Waals surface area contributed by atoms with Crippen LogP contribution in [0.2, 0.25) is 0 Å². The zero-order chi connectivity index (χ0) is 14.5. The van der Waals surface area contributed by atoms with E-state index in [-0.39, 0.29) is 5.78 Å². The molecule has 3 nitrogen and oxygen atoms in total. The second-order valence-electron chi connectivity index (χ2n) is 4.75. The summed E-state index contributed by atoms with van der Waals surface area (Å²) >= 11 is 0. The summed E-state index contributed by atoms with van der Waals surface area (Å²) in [6.45, 7) is 4.38. The van der Waals surface area contributed by atoms with Gasteiger partial charge in [0.25, 0.3) is 0 Å². The number of hydrogen-bond donors (Lipinski definition) is 1. The SMILES string of the molecule is COc1cc(NCc2ccccc2C)ccc1C(C)=O. The first-order valence-corrected chi connectivity index (χ1v) is 6.59. The first-order chi connectivity index (χ1) is 9.61. The molecule has 2 aromatic carbocycles. The molecule has 0 radical (unpaired) electrons. The zero-order valence-electron chi connectivity index (χ0n) is 12.1. The van der Waals surface area contributed by atoms with Gasteiger partial charge >= 0.3 is 0 Å². The van der Waals surface area contributed by atoms with Crippen molar-refractivity contribution in [1.29, 1.82) is 0 Å². The molecule has 0 saturated heterocycles. The molecule has 0 aromatic heterocycles. The van der Waals surface area contributed by atoms with Crippen LogP contribution in [-0.2, 0) is 6.54 Å². The molecule has 3 heteroatoms. The van der Waals surface area contributed by atoms with Gasteiger partial charge in [0, 0.05) is 18.3 Å². The summed E-state index contributed by atoms with van der Waals surface area (Å²) in [7, 11) is 1.58. The molecule has 2 aromatic rings. The Labute approximate surface area is 119 Å². The molecule has 20 heavy (non-hydrogen) atoms. The lowest BCUT2D eigenvalue weighted by Gasteiger charge is -2.12. The van der Waals surface area contributed by atoms with Crippen molar-refractivity contribution < 1.29 is 9.53 Å². The molecular weight excluding hydrogens is 250 g/mol. The summed E-state index contributed by atoms with van der Waals surface area (Å²) in [4.78, 5) is 11.5. The van der Waals surface area contributed by atoms with Crippen LogP contribution in [0, 0.1) is 6.92 Å². The Morgan fingerprint density at radius 1 is 1.20 bits per heavy atom. The number of hydrogen-bond acceptors (Lipinski definition) is 3. The quantitative estimate of drug-likeness (QED) is 0.839. The number of ether oxygens (including phenoxy) is 1. The summed E-state index contributed by atoms with van der Waals surface area (Å²) in [5.74, 6) is 0.611. The summed E-state index contributed by atoms with van der Waals surface area (Å²) in [5, 5.41) is 3.35. The summed E-state index contributed by atoms with van der Waals surface area (Å²) in [6.07, 6.45) is 0. The minimum absolute atomic E-state index is 0.00676. The second-order valence-corrected chi connectivity index (χ2v) is 4.75. The van der Waals surface area contributed by atoms with E-state index in [2.05, 4.69) is 24.4 Å². The van der Waals surface area contributed by atoms with Gasteiger partial charge in [0.15, 0.2) is 5.78 Å². The summed E-state index contributed by atoms with van der Waals surface area (Å²) in [6, 6.07) is 13.8. The number of benzene rings is 2. The number of nitrogens with one attached hydrogen (secondary N) is 1. The van der Waals surface area contributed by atoms with Crippen LogP contribution in [0.25, 0.3) is 0 Å². The Hall–Kier alpha value is -2.29. The van der Waals surface area contributed by atoms with Crippen molar-refractivity contribution in [2.45, 2.75) is 20.4 Å². The van der Waals surface area contributed by atoms with E-state index in [9.17, 15) is 4.79 Å². The molecule has 0 aliphatic carbocycles. The number of aryl methyl sites for hydroxylation is 1. The van der Waals surface area contributed by atoms with Crippen molar-refractivity contribution in [3.8, 4) is 5.75 Å². The van der Waals surface area contributed by atoms with Crippen LogP contribution in [0.15, 0.2) is 42.5 Å². The van der Waals surface area contributed by atoms with Crippen molar-refractivity contribution in [3.05, 3.63) is 59.2 Å². The number of anilines is 1. The maximum atomic E-state index is 11.5. The molecule has 0 heterocycles. The molecule has 0 aliphatic rings. The normalized spacial score (nSPS) is 10.2. The van der Waals surface area contributed by atoms with E-state index in [0.717, 1.165) is 12.2 Å². The highest BCUT2D eigenvalue weighted by atomic mass is 16.5. The molecule has 0 aliphatic heterocycles. The van der Waals surface area contributed by atoms with Crippen LogP contribution in [0.1, 0.15) is 28.4 Å². The number of methoxy groups -OCH3 is 1. The lowest BCUT2D eigenvalue weighted by molar-refractivity contribution is 0.101. The molecule has 2 rings (SSSR count). The van der Waals surface area contributed by atoms with Crippen LogP contribution < -0.4 is 10.1 Å². The monoisotopic (exact) mass is 269 g/mol. The predicted octanol–water partition coefficient (Wildman–Crippen LogP) is 3.82. The van der Waals surface area contributed by atoms with Crippen LogP contribution in [-0.4, -0.2) is 12.9 Å². The summed E-state index contributed by atoms with van der Waals surface area (Å²) in [5.41, 5.74) is 4.05. The van der Waals surface area contributed by atoms with E-state index in [0.29, 0.717) is 11.3 Å². The van der Waals surface area contributed by atoms with Gasteiger partial charge in [-0.15, -0.1) is 0 Å². The molecule has 0 atom stereocenters. The Morgan fingerprint density at radius 2 is 1.95 bits per heavy atom. The fourth-order valence-corrected chi connectivity index (χ4v) is 2.10. The Bertz CT molecular complexity index is 620. The number of ketones is 1. The van der Waals surface area contributed by atoms with E-state index in [4.69, 9.17) is 4.74 Å². The Kier molecular flexibility index (Phi) is 4.41. The third-order valence-electron chi connectivity index (χ3n) is 3.33. The van der Waals surface area contributed by atoms with Crippen molar-refractivity contribution in [3.63, 3.8) is 0 Å². The van der Waals surface area contributed by atoms with Crippen molar-refractivity contribution in [1.82, 2.24) is 0 Å². The van der Waals surface area contributed by atoms with Crippen molar-refractivity contribution >= 4 is 11.5 Å². The van der Waals surface area contributed by atoms with Crippen LogP contribution >= 0.6 is 0 Å². The fraction of sp³-hybridized carbons (Fsp3) is 0.235. The van der Waals surface area contributed by atoms with Crippen molar-refractivity contribution in [2.24, 2.45) is 0 Å². The van der Waals surface area contributed by atoms with Crippen LogP contribution in [0.5, 0.6) is 5.75 Å². The average molecular weight is 269 g/mol. The molecule has 0 unspecified atom stereocenters. The van der Waals surface area contributed by atoms with E-state index in [1.165, 1.54) is 18.1 Å². The molecule has 0 fully saturated rings. The van der Waals surface area contributed by atoms with Crippen LogP contribution in [0.4, 0.5) is 5.69 Å². The lowest BCUT2D eigenvalue weighted by atomic mass is 10.1. The lowest BCUT2D eigenvalue weighted by Crippen LogP contribution is -2.03. The number of rotatable bonds is 5. The Balaban J connectivity index is 2.15. The fourth-order valence-electron chi connectivity index (χ4n) is 2.10. The van der Waals surface area contributed by atoms with E-state index >= 15 is 0 Å². The smallest absolute Gasteiger partial charge is 0.163 e. The highest BCUT2D eigenvalue weighted by Gasteiger charge is 2.08. The highest BCUT2D eigenvalue weighted by Crippen LogP contribution is 2.24. The summed E-state index contributed by atoms with van der Waals surface area (Å²) < 4.78 is 5.26. The van der Waals surface area contributed by atoms with E-state index < -0.39 is 0 Å². The van der Waals surface area contributed by atoms with Gasteiger partial charge in [-0.2, -0.15) is 0 Å². The maximum absolute atomic E-state index is 11.5. The highest BCUT2D eigenvalue weighted by molar-refractivity contribution is 5.97. The minimum atomic E-state index is 0.00676. The molecule has 0 amide bonds. The second kappa shape index (κ2) is 6.24. The van der Waals surface area contributed by atoms with Gasteiger partial charge in [-0.25, -0.2) is 0 Å². The maximum Gasteiger partial charge on any atom is 0.163 e. The van der Waals surface area contributed by atoms with E-state index in [1.54, 1.807) is 13.2 Å². The first kappa shape index (κ1) is 14.1. The minimum Gasteiger partial charge on any atom is -0.496 e. The van der Waals surface area contributed by atoms with Gasteiger partial charge in [-0.3, -0.25) is 4.79 Å². The number of carbonyl (C=O) groups excluding carboxylic acids is 1. The van der Waals surface area contributed by atoms with E-state index in [1.807, 2.05) is 24.3 Å². The predicted molar refractivity (Wildman–Crippen MR) is 81.5 cm³/mol. The van der Waals surface area contributed by atoms with Crippen molar-refractivity contribution in [2.75, 3.05) is 12.4 Å². The standard InChI is InChI=1S/C17H19NO2/c1-12-6-4-5-7-14(12)11-18-15-8-9-16(13(2)19)17(10-15)20-3/h4-10,18H,11H2,1-3H3. The molecule has 1 N–H and O–H groups in total. The zero-order valence-corrected chi connectivity index (χ0v) is 12.1. The first-order valence-electron chi connectivity index (χ1n) is 6.59. The van der Waals surface area contributed by atoms with Gasteiger partial charge in [-0.1, -0.05) is 24.3 Å². The molecule has 104 valence electrons. The third kappa shape index (κ3) is 3.18. The Morgan fingerprint density at radius 3 is 2.60 bits per heavy atom. The average Bonchev–Trinajstić information content (AvgIpc) is 2.46. The third-order valence-corrected chi connectivity index (χ3v) is 3.33. The number of Topliss-reactive ketones (excluding diaryl/α,β-unsaturated/α-hetero) is 1. The molecule has 0 spiro atoms. The van der Waals surface area contributed by atoms with Gasteiger partial charge < -0.3 is 10.1 Å². The topological polar surface area (TPSA) is 38.3 Å². The van der Waals surface area contributed by atoms with Gasteiger partial charge in [0.05, 0.1) is 12.7 Å². The largest absolute Gasteiger partial charge is 0.496 e. The molecule has 0 bridgehead atoms. The van der Waals surface area contributed by atoms with Crippen LogP contribution in [0.3, 0.4) is 0 Å².